The number of nitrogens with one attached hydrogen (secondary N) is 10. The van der Waals surface area contributed by atoms with Gasteiger partial charge in [-0.1, -0.05) is 0 Å². The summed E-state index contributed by atoms with van der Waals surface area (Å²) in [5, 5.41) is 35.3. The second-order valence-corrected chi connectivity index (χ2v) is 16.2. The predicted molar refractivity (Wildman–Crippen MR) is 268 cm³/mol. The second-order valence-electron chi connectivity index (χ2n) is 16.2. The van der Waals surface area contributed by atoms with Gasteiger partial charge in [0.2, 0.25) is 0 Å². The van der Waals surface area contributed by atoms with E-state index in [0.717, 1.165) is 223 Å². The van der Waals surface area contributed by atoms with E-state index in [1.165, 1.54) is 0 Å². The lowest BCUT2D eigenvalue weighted by Gasteiger charge is -2.26. The molecular formula is C42H106N20. The molecule has 0 unspecified atom stereocenters. The molecule has 0 aromatic heterocycles. The second kappa shape index (κ2) is 49.6. The molecule has 0 aromatic rings. The summed E-state index contributed by atoms with van der Waals surface area (Å²) < 4.78 is 0. The van der Waals surface area contributed by atoms with Gasteiger partial charge in [0, 0.05) is 249 Å². The highest BCUT2D eigenvalue weighted by Gasteiger charge is 2.10. The largest absolute Gasteiger partial charge is 0.329 e. The molecule has 0 atom stereocenters. The SMILES string of the molecule is CNCCNCCN(CCN)CCNCCN(CCNCCN(C)CCNC)CCNCCN(CCNCCN(CCN)CCN)CCNCCN(CCNC)CCNCCN. The van der Waals surface area contributed by atoms with Gasteiger partial charge >= 0.3 is 0 Å². The molecule has 0 radical (unpaired) electrons. The number of likely N-dealkylation sites (N-methyl/N-ethyl adjacent to an activating group) is 4. The van der Waals surface area contributed by atoms with Crippen molar-refractivity contribution in [2.45, 2.75) is 0 Å². The van der Waals surface area contributed by atoms with Gasteiger partial charge < -0.3 is 81.0 Å². The zero-order valence-electron chi connectivity index (χ0n) is 40.9. The molecule has 20 heteroatoms. The quantitative estimate of drug-likeness (QED) is 0.0254. The topological polar surface area (TPSA) is 244 Å². The third-order valence-corrected chi connectivity index (χ3v) is 11.0. The Morgan fingerprint density at radius 2 is 0.468 bits per heavy atom. The Bertz CT molecular complexity index is 848. The average molecular weight is 891 g/mol. The average Bonchev–Trinajstić information content (AvgIpc) is 3.27. The van der Waals surface area contributed by atoms with Gasteiger partial charge in [0.15, 0.2) is 0 Å². The van der Waals surface area contributed by atoms with Crippen LogP contribution in [0.2, 0.25) is 0 Å². The molecule has 374 valence electrons. The molecule has 0 spiro atoms. The van der Waals surface area contributed by atoms with E-state index in [1.54, 1.807) is 0 Å². The predicted octanol–water partition coefficient (Wildman–Crippen LogP) is -6.95. The first-order chi connectivity index (χ1) is 30.5. The minimum atomic E-state index is 0.664. The van der Waals surface area contributed by atoms with Crippen molar-refractivity contribution in [3.8, 4) is 0 Å². The van der Waals surface area contributed by atoms with E-state index in [9.17, 15) is 0 Å². The Kier molecular flexibility index (Phi) is 49.0. The number of hydrogen-bond acceptors (Lipinski definition) is 20. The smallest absolute Gasteiger partial charge is 0.0108 e. The number of nitrogens with two attached hydrogens (primary N) is 4. The van der Waals surface area contributed by atoms with Crippen LogP contribution in [0.25, 0.3) is 0 Å². The minimum absolute atomic E-state index is 0.664. The highest BCUT2D eigenvalue weighted by atomic mass is 15.2. The van der Waals surface area contributed by atoms with E-state index >= 15 is 0 Å². The lowest BCUT2D eigenvalue weighted by atomic mass is 10.3. The standard InChI is InChI=1S/C42H106N20/c1-47-10-11-51-16-33-59(28-8-46)34-18-54-22-39-61(37-19-52-14-30-57(4)29-12-48-2)40-24-56-25-42-62(38-21-53-17-32-58(26-6-44)27-7-45)41-23-55-20-36-60(31-13-49-3)35-15-50-9-5-43/h47-56H,5-46H2,1-4H3. The van der Waals surface area contributed by atoms with Gasteiger partial charge in [-0.3, -0.25) is 24.5 Å². The molecule has 0 aliphatic carbocycles. The van der Waals surface area contributed by atoms with Crippen LogP contribution in [0, 0.1) is 0 Å². The molecule has 0 saturated heterocycles. The zero-order valence-corrected chi connectivity index (χ0v) is 40.9. The fourth-order valence-corrected chi connectivity index (χ4v) is 6.98. The Morgan fingerprint density at radius 3 is 0.774 bits per heavy atom. The molecule has 0 rings (SSSR count). The number of rotatable bonds is 53. The van der Waals surface area contributed by atoms with Gasteiger partial charge in [-0.05, 0) is 28.2 Å². The molecular weight excluding hydrogens is 785 g/mol. The molecule has 0 saturated carbocycles. The van der Waals surface area contributed by atoms with Crippen molar-refractivity contribution >= 4 is 0 Å². The number of hydrogen-bond donors (Lipinski definition) is 14. The highest BCUT2D eigenvalue weighted by molar-refractivity contribution is 4.71. The summed E-state index contributed by atoms with van der Waals surface area (Å²) in [5.41, 5.74) is 23.2. The molecule has 0 aliphatic heterocycles. The molecule has 18 N–H and O–H groups in total. The molecule has 0 aromatic carbocycles. The van der Waals surface area contributed by atoms with Gasteiger partial charge in [0.05, 0.1) is 0 Å². The van der Waals surface area contributed by atoms with E-state index in [2.05, 4.69) is 89.6 Å². The highest BCUT2D eigenvalue weighted by Crippen LogP contribution is 1.92. The van der Waals surface area contributed by atoms with Crippen molar-refractivity contribution in [3.05, 3.63) is 0 Å². The lowest BCUT2D eigenvalue weighted by Crippen LogP contribution is -2.45. The van der Waals surface area contributed by atoms with Crippen molar-refractivity contribution in [1.29, 1.82) is 0 Å². The van der Waals surface area contributed by atoms with Crippen LogP contribution < -0.4 is 76.1 Å². The fourth-order valence-electron chi connectivity index (χ4n) is 6.98. The monoisotopic (exact) mass is 891 g/mol. The third-order valence-electron chi connectivity index (χ3n) is 11.0. The van der Waals surface area contributed by atoms with Crippen LogP contribution in [0.15, 0.2) is 0 Å². The van der Waals surface area contributed by atoms with Crippen molar-refractivity contribution in [2.24, 2.45) is 22.9 Å². The van der Waals surface area contributed by atoms with Crippen molar-refractivity contribution in [1.82, 2.24) is 82.6 Å². The summed E-state index contributed by atoms with van der Waals surface area (Å²) in [6.45, 7) is 36.4. The van der Waals surface area contributed by atoms with Crippen LogP contribution in [0.4, 0.5) is 0 Å². The summed E-state index contributed by atoms with van der Waals surface area (Å²) in [4.78, 5) is 14.9. The van der Waals surface area contributed by atoms with E-state index in [1.807, 2.05) is 21.1 Å². The van der Waals surface area contributed by atoms with Crippen LogP contribution in [-0.4, -0.2) is 306 Å². The molecule has 0 bridgehead atoms. The molecule has 20 nitrogen and oxygen atoms in total. The zero-order chi connectivity index (χ0) is 45.4. The van der Waals surface area contributed by atoms with Crippen LogP contribution in [0.5, 0.6) is 0 Å². The van der Waals surface area contributed by atoms with Gasteiger partial charge in [0.25, 0.3) is 0 Å². The van der Waals surface area contributed by atoms with Crippen LogP contribution >= 0.6 is 0 Å². The first-order valence-corrected chi connectivity index (χ1v) is 24.5. The Morgan fingerprint density at radius 1 is 0.242 bits per heavy atom. The lowest BCUT2D eigenvalue weighted by molar-refractivity contribution is 0.245. The first kappa shape index (κ1) is 61.2. The van der Waals surface area contributed by atoms with E-state index < -0.39 is 0 Å². The summed E-state index contributed by atoms with van der Waals surface area (Å²) in [6.07, 6.45) is 0. The van der Waals surface area contributed by atoms with Crippen molar-refractivity contribution < 1.29 is 0 Å². The van der Waals surface area contributed by atoms with Crippen LogP contribution in [0.1, 0.15) is 0 Å². The van der Waals surface area contributed by atoms with E-state index in [0.29, 0.717) is 26.2 Å². The summed E-state index contributed by atoms with van der Waals surface area (Å²) >= 11 is 0. The van der Waals surface area contributed by atoms with Crippen LogP contribution in [0.3, 0.4) is 0 Å². The Hall–Kier alpha value is -0.800. The summed E-state index contributed by atoms with van der Waals surface area (Å²) in [7, 11) is 8.22. The molecule has 0 amide bonds. The number of nitrogens with zero attached hydrogens (tertiary/aromatic N) is 6. The maximum atomic E-state index is 5.93. The van der Waals surface area contributed by atoms with Gasteiger partial charge in [-0.2, -0.15) is 0 Å². The molecule has 0 aliphatic rings. The molecule has 0 fully saturated rings. The summed E-state index contributed by atoms with van der Waals surface area (Å²) in [6, 6.07) is 0. The van der Waals surface area contributed by atoms with Crippen molar-refractivity contribution in [2.75, 3.05) is 277 Å². The van der Waals surface area contributed by atoms with E-state index in [4.69, 9.17) is 22.9 Å². The maximum absolute atomic E-state index is 5.93. The normalized spacial score (nSPS) is 12.3. The first-order valence-electron chi connectivity index (χ1n) is 24.5. The Labute approximate surface area is 381 Å². The fraction of sp³-hybridized carbons (Fsp3) is 1.00. The minimum Gasteiger partial charge on any atom is -0.329 e. The summed E-state index contributed by atoms with van der Waals surface area (Å²) in [5.74, 6) is 0. The Balaban J connectivity index is 5.06. The third kappa shape index (κ3) is 41.9. The molecule has 0 heterocycles. The van der Waals surface area contributed by atoms with Gasteiger partial charge in [0.1, 0.15) is 0 Å². The van der Waals surface area contributed by atoms with Gasteiger partial charge in [-0.25, -0.2) is 0 Å². The maximum Gasteiger partial charge on any atom is 0.0108 e. The van der Waals surface area contributed by atoms with Crippen molar-refractivity contribution in [3.63, 3.8) is 0 Å². The van der Waals surface area contributed by atoms with Crippen LogP contribution in [-0.2, 0) is 0 Å². The van der Waals surface area contributed by atoms with E-state index in [-0.39, 0.29) is 0 Å². The molecule has 62 heavy (non-hydrogen) atoms. The van der Waals surface area contributed by atoms with Gasteiger partial charge in [-0.15, -0.1) is 0 Å².